The number of hydrogen-bond donors (Lipinski definition) is 2. The fraction of sp³-hybridized carbons (Fsp3) is 0.438. The molecule has 23 heavy (non-hydrogen) atoms. The third-order valence-electron chi connectivity index (χ3n) is 3.70. The molecule has 0 aliphatic carbocycles. The third-order valence-corrected chi connectivity index (χ3v) is 4.03. The van der Waals surface area contributed by atoms with Gasteiger partial charge >= 0.3 is 11.9 Å². The summed E-state index contributed by atoms with van der Waals surface area (Å²) in [5, 5.41) is 11.9. The maximum atomic E-state index is 12.3. The fourth-order valence-corrected chi connectivity index (χ4v) is 2.77. The van der Waals surface area contributed by atoms with Crippen LogP contribution in [-0.2, 0) is 16.0 Å². The van der Waals surface area contributed by atoms with E-state index < -0.39 is 23.9 Å². The van der Waals surface area contributed by atoms with Crippen molar-refractivity contribution < 1.29 is 24.2 Å². The van der Waals surface area contributed by atoms with Crippen molar-refractivity contribution in [3.63, 3.8) is 0 Å². The van der Waals surface area contributed by atoms with Gasteiger partial charge in [0.2, 0.25) is 0 Å². The fourth-order valence-electron chi connectivity index (χ4n) is 2.47. The lowest BCUT2D eigenvalue weighted by atomic mass is 9.96. The van der Waals surface area contributed by atoms with E-state index in [4.69, 9.17) is 21.4 Å². The van der Waals surface area contributed by atoms with Crippen molar-refractivity contribution in [1.82, 2.24) is 5.32 Å². The molecule has 0 saturated heterocycles. The van der Waals surface area contributed by atoms with Gasteiger partial charge in [0.1, 0.15) is 12.1 Å². The largest absolute Gasteiger partial charge is 0.480 e. The van der Waals surface area contributed by atoms with Crippen LogP contribution in [-0.4, -0.2) is 35.1 Å². The standard InChI is InChI=1S/C16H18ClNO5/c1-7(2)13(15(20)21)18-14(19)9-5-11-10(12(17)6-9)4-8(3)23-16(11)22/h5-8,13H,4H2,1-3H3,(H,18,19)(H,20,21). The summed E-state index contributed by atoms with van der Waals surface area (Å²) in [6.45, 7) is 5.15. The monoisotopic (exact) mass is 339 g/mol. The smallest absolute Gasteiger partial charge is 0.338 e. The molecule has 0 aromatic heterocycles. The highest BCUT2D eigenvalue weighted by Gasteiger charge is 2.29. The molecule has 0 spiro atoms. The van der Waals surface area contributed by atoms with E-state index in [1.165, 1.54) is 12.1 Å². The van der Waals surface area contributed by atoms with Gasteiger partial charge in [0.25, 0.3) is 5.91 Å². The normalized spacial score (nSPS) is 18.1. The van der Waals surface area contributed by atoms with Gasteiger partial charge in [-0.1, -0.05) is 25.4 Å². The minimum absolute atomic E-state index is 0.132. The first-order valence-corrected chi connectivity index (χ1v) is 7.65. The van der Waals surface area contributed by atoms with Crippen LogP contribution < -0.4 is 5.32 Å². The predicted octanol–water partition coefficient (Wildman–Crippen LogP) is 2.28. The molecule has 0 bridgehead atoms. The Kier molecular flexibility index (Phi) is 4.94. The van der Waals surface area contributed by atoms with Gasteiger partial charge in [0, 0.05) is 17.0 Å². The first-order chi connectivity index (χ1) is 10.7. The zero-order valence-corrected chi connectivity index (χ0v) is 13.8. The molecule has 2 N–H and O–H groups in total. The van der Waals surface area contributed by atoms with Crippen LogP contribution >= 0.6 is 11.6 Å². The first kappa shape index (κ1) is 17.3. The molecule has 124 valence electrons. The van der Waals surface area contributed by atoms with E-state index in [9.17, 15) is 14.4 Å². The van der Waals surface area contributed by atoms with Crippen molar-refractivity contribution in [3.05, 3.63) is 33.8 Å². The summed E-state index contributed by atoms with van der Waals surface area (Å²) in [5.74, 6) is -2.53. The van der Waals surface area contributed by atoms with Crippen LogP contribution in [0.1, 0.15) is 47.1 Å². The Labute approximate surface area is 138 Å². The SMILES string of the molecule is CC1Cc2c(Cl)cc(C(=O)NC(C(=O)O)C(C)C)cc2C(=O)O1. The molecular weight excluding hydrogens is 322 g/mol. The highest BCUT2D eigenvalue weighted by atomic mass is 35.5. The zero-order valence-electron chi connectivity index (χ0n) is 13.1. The van der Waals surface area contributed by atoms with Crippen molar-refractivity contribution in [3.8, 4) is 0 Å². The van der Waals surface area contributed by atoms with E-state index in [0.29, 0.717) is 17.0 Å². The number of hydrogen-bond acceptors (Lipinski definition) is 4. The number of carboxylic acids is 1. The van der Waals surface area contributed by atoms with Crippen molar-refractivity contribution in [2.45, 2.75) is 39.3 Å². The Morgan fingerprint density at radius 2 is 2.04 bits per heavy atom. The van der Waals surface area contributed by atoms with Crippen molar-refractivity contribution in [2.24, 2.45) is 5.92 Å². The molecule has 1 aliphatic rings. The molecule has 2 unspecified atom stereocenters. The van der Waals surface area contributed by atoms with Crippen LogP contribution in [0.25, 0.3) is 0 Å². The Hall–Kier alpha value is -2.08. The van der Waals surface area contributed by atoms with Crippen LogP contribution in [0, 0.1) is 5.92 Å². The van der Waals surface area contributed by atoms with Crippen LogP contribution in [0.15, 0.2) is 12.1 Å². The maximum Gasteiger partial charge on any atom is 0.338 e. The highest BCUT2D eigenvalue weighted by Crippen LogP contribution is 2.29. The number of benzene rings is 1. The van der Waals surface area contributed by atoms with Crippen molar-refractivity contribution >= 4 is 29.4 Å². The average Bonchev–Trinajstić information content (AvgIpc) is 2.44. The number of nitrogens with one attached hydrogen (secondary N) is 1. The molecule has 1 heterocycles. The molecule has 2 rings (SSSR count). The topological polar surface area (TPSA) is 92.7 Å². The molecule has 1 aliphatic heterocycles. The molecule has 0 saturated carbocycles. The molecule has 1 aromatic rings. The third kappa shape index (κ3) is 3.64. The summed E-state index contributed by atoms with van der Waals surface area (Å²) in [7, 11) is 0. The molecule has 6 nitrogen and oxygen atoms in total. The Balaban J connectivity index is 2.32. The molecule has 0 fully saturated rings. The minimum atomic E-state index is -1.12. The summed E-state index contributed by atoms with van der Waals surface area (Å²) >= 11 is 6.18. The zero-order chi connectivity index (χ0) is 17.3. The summed E-state index contributed by atoms with van der Waals surface area (Å²) in [6, 6.07) is 1.81. The van der Waals surface area contributed by atoms with Crippen LogP contribution in [0.2, 0.25) is 5.02 Å². The minimum Gasteiger partial charge on any atom is -0.480 e. The van der Waals surface area contributed by atoms with E-state index in [2.05, 4.69) is 5.32 Å². The van der Waals surface area contributed by atoms with E-state index >= 15 is 0 Å². The van der Waals surface area contributed by atoms with E-state index in [0.717, 1.165) is 0 Å². The number of ether oxygens (including phenoxy) is 1. The number of cyclic esters (lactones) is 1. The summed E-state index contributed by atoms with van der Waals surface area (Å²) < 4.78 is 5.14. The Morgan fingerprint density at radius 1 is 1.39 bits per heavy atom. The molecule has 2 atom stereocenters. The Morgan fingerprint density at radius 3 is 2.61 bits per heavy atom. The lowest BCUT2D eigenvalue weighted by Crippen LogP contribution is -2.44. The van der Waals surface area contributed by atoms with E-state index in [1.807, 2.05) is 0 Å². The number of halogens is 1. The first-order valence-electron chi connectivity index (χ1n) is 7.27. The summed E-state index contributed by atoms with van der Waals surface area (Å²) in [5.41, 5.74) is 1.02. The van der Waals surface area contributed by atoms with Gasteiger partial charge in [0.15, 0.2) is 0 Å². The lowest BCUT2D eigenvalue weighted by Gasteiger charge is -2.23. The molecule has 0 radical (unpaired) electrons. The van der Waals surface area contributed by atoms with Gasteiger partial charge in [-0.15, -0.1) is 0 Å². The van der Waals surface area contributed by atoms with Gasteiger partial charge < -0.3 is 15.2 Å². The van der Waals surface area contributed by atoms with Crippen molar-refractivity contribution in [1.29, 1.82) is 0 Å². The van der Waals surface area contributed by atoms with Crippen LogP contribution in [0.4, 0.5) is 0 Å². The number of rotatable bonds is 4. The average molecular weight is 340 g/mol. The predicted molar refractivity (Wildman–Crippen MR) is 83.8 cm³/mol. The maximum absolute atomic E-state index is 12.3. The van der Waals surface area contributed by atoms with E-state index in [-0.39, 0.29) is 23.1 Å². The number of aliphatic carboxylic acids is 1. The quantitative estimate of drug-likeness (QED) is 0.821. The number of carbonyl (C=O) groups is 3. The molecule has 1 amide bonds. The number of fused-ring (bicyclic) bond motifs is 1. The number of carbonyl (C=O) groups excluding carboxylic acids is 2. The second kappa shape index (κ2) is 6.58. The van der Waals surface area contributed by atoms with Crippen LogP contribution in [0.5, 0.6) is 0 Å². The highest BCUT2D eigenvalue weighted by molar-refractivity contribution is 6.32. The Bertz CT molecular complexity index is 671. The second-order valence-corrected chi connectivity index (χ2v) is 6.34. The van der Waals surface area contributed by atoms with Gasteiger partial charge in [-0.3, -0.25) is 4.79 Å². The van der Waals surface area contributed by atoms with Gasteiger partial charge in [-0.05, 0) is 30.5 Å². The molecule has 1 aromatic carbocycles. The van der Waals surface area contributed by atoms with E-state index in [1.54, 1.807) is 20.8 Å². The number of amides is 1. The number of esters is 1. The van der Waals surface area contributed by atoms with Crippen molar-refractivity contribution in [2.75, 3.05) is 0 Å². The molecule has 7 heteroatoms. The molecular formula is C16H18ClNO5. The summed E-state index contributed by atoms with van der Waals surface area (Å²) in [6.07, 6.45) is 0.204. The van der Waals surface area contributed by atoms with Gasteiger partial charge in [-0.25, -0.2) is 9.59 Å². The number of carboxylic acid groups (broad SMARTS) is 1. The lowest BCUT2D eigenvalue weighted by molar-refractivity contribution is -0.140. The summed E-state index contributed by atoms with van der Waals surface area (Å²) in [4.78, 5) is 35.4. The second-order valence-electron chi connectivity index (χ2n) is 5.94. The van der Waals surface area contributed by atoms with Gasteiger partial charge in [-0.2, -0.15) is 0 Å². The van der Waals surface area contributed by atoms with Crippen LogP contribution in [0.3, 0.4) is 0 Å². The van der Waals surface area contributed by atoms with Gasteiger partial charge in [0.05, 0.1) is 5.56 Å².